The summed E-state index contributed by atoms with van der Waals surface area (Å²) in [5.41, 5.74) is 3.60. The van der Waals surface area contributed by atoms with Crippen LogP contribution in [-0.4, -0.2) is 52.4 Å². The maximum atomic E-state index is 14.0. The molecule has 2 aromatic carbocycles. The van der Waals surface area contributed by atoms with Crippen LogP contribution in [0.3, 0.4) is 0 Å². The zero-order valence-electron chi connectivity index (χ0n) is 17.2. The third kappa shape index (κ3) is 4.21. The number of nitrogens with zero attached hydrogens (tertiary/aromatic N) is 3. The molecule has 0 spiro atoms. The molecule has 0 aliphatic carbocycles. The highest BCUT2D eigenvalue weighted by molar-refractivity contribution is 6.39. The molecule has 1 aromatic heterocycles. The maximum absolute atomic E-state index is 14.0. The largest absolute Gasteiger partial charge is 0.348 e. The molecule has 7 heteroatoms. The summed E-state index contributed by atoms with van der Waals surface area (Å²) in [4.78, 5) is 28.8. The molecule has 0 saturated carbocycles. The number of hydrogen-bond acceptors (Lipinski definition) is 3. The maximum Gasteiger partial charge on any atom is 0.313 e. The van der Waals surface area contributed by atoms with E-state index >= 15 is 0 Å². The summed E-state index contributed by atoms with van der Waals surface area (Å²) < 4.78 is 15.7. The number of carbonyl (C=O) groups is 2. The third-order valence-corrected chi connectivity index (χ3v) is 5.58. The van der Waals surface area contributed by atoms with E-state index in [1.54, 1.807) is 34.7 Å². The van der Waals surface area contributed by atoms with Crippen molar-refractivity contribution in [3.8, 4) is 0 Å². The molecule has 6 nitrogen and oxygen atoms in total. The molecule has 3 aromatic rings. The third-order valence-electron chi connectivity index (χ3n) is 5.58. The molecule has 30 heavy (non-hydrogen) atoms. The number of benzene rings is 2. The lowest BCUT2D eigenvalue weighted by Gasteiger charge is -2.34. The summed E-state index contributed by atoms with van der Waals surface area (Å²) in [6, 6.07) is 13.4. The Labute approximate surface area is 174 Å². The average Bonchev–Trinajstić information content (AvgIpc) is 3.03. The van der Waals surface area contributed by atoms with E-state index in [2.05, 4.69) is 41.4 Å². The van der Waals surface area contributed by atoms with Gasteiger partial charge in [0.05, 0.1) is 5.52 Å². The van der Waals surface area contributed by atoms with Crippen LogP contribution in [0, 0.1) is 12.7 Å². The van der Waals surface area contributed by atoms with Crippen LogP contribution in [0.25, 0.3) is 10.9 Å². The molecular weight excluding hydrogens is 383 g/mol. The lowest BCUT2D eigenvalue weighted by atomic mass is 10.1. The number of rotatable bonds is 3. The number of piperazine rings is 1. The van der Waals surface area contributed by atoms with E-state index in [4.69, 9.17) is 0 Å². The van der Waals surface area contributed by atoms with E-state index in [-0.39, 0.29) is 5.82 Å². The van der Waals surface area contributed by atoms with Gasteiger partial charge < -0.3 is 14.8 Å². The minimum atomic E-state index is -0.697. The summed E-state index contributed by atoms with van der Waals surface area (Å²) in [6.07, 6.45) is 1.39. The van der Waals surface area contributed by atoms with Gasteiger partial charge in [0, 0.05) is 57.0 Å². The molecule has 1 fully saturated rings. The Morgan fingerprint density at radius 2 is 1.73 bits per heavy atom. The van der Waals surface area contributed by atoms with E-state index in [0.29, 0.717) is 37.3 Å². The van der Waals surface area contributed by atoms with Gasteiger partial charge in [-0.3, -0.25) is 14.5 Å². The van der Waals surface area contributed by atoms with Crippen LogP contribution in [0.2, 0.25) is 0 Å². The number of aromatic nitrogens is 1. The lowest BCUT2D eigenvalue weighted by molar-refractivity contribution is -0.144. The van der Waals surface area contributed by atoms with Gasteiger partial charge in [0.25, 0.3) is 0 Å². The van der Waals surface area contributed by atoms with Gasteiger partial charge in [-0.25, -0.2) is 4.39 Å². The minimum absolute atomic E-state index is 0.361. The number of hydrogen-bond donors (Lipinski definition) is 1. The van der Waals surface area contributed by atoms with Crippen LogP contribution in [0.4, 0.5) is 10.1 Å². The SMILES string of the molecule is Cc1ccc(CN2CCN(C(=O)C(=O)Nc3ccc4c(c3)c(F)cn4C)CC2)cc1. The fourth-order valence-corrected chi connectivity index (χ4v) is 3.81. The quantitative estimate of drug-likeness (QED) is 0.678. The number of anilines is 1. The normalized spacial score (nSPS) is 14.8. The molecule has 1 aliphatic rings. The van der Waals surface area contributed by atoms with Crippen LogP contribution in [-0.2, 0) is 23.2 Å². The van der Waals surface area contributed by atoms with Crippen molar-refractivity contribution >= 4 is 28.4 Å². The summed E-state index contributed by atoms with van der Waals surface area (Å²) >= 11 is 0. The zero-order valence-corrected chi connectivity index (χ0v) is 17.2. The molecule has 4 rings (SSSR count). The zero-order chi connectivity index (χ0) is 21.3. The predicted molar refractivity (Wildman–Crippen MR) is 115 cm³/mol. The van der Waals surface area contributed by atoms with Crippen molar-refractivity contribution in [2.45, 2.75) is 13.5 Å². The fraction of sp³-hybridized carbons (Fsp3) is 0.304. The van der Waals surface area contributed by atoms with Crippen LogP contribution >= 0.6 is 0 Å². The van der Waals surface area contributed by atoms with Gasteiger partial charge in [0.1, 0.15) is 5.82 Å². The molecule has 0 atom stereocenters. The van der Waals surface area contributed by atoms with E-state index in [1.165, 1.54) is 17.3 Å². The average molecular weight is 408 g/mol. The Balaban J connectivity index is 1.33. The van der Waals surface area contributed by atoms with Crippen molar-refractivity contribution in [2.75, 3.05) is 31.5 Å². The Bertz CT molecular complexity index is 1080. The van der Waals surface area contributed by atoms with Crippen molar-refractivity contribution in [1.29, 1.82) is 0 Å². The topological polar surface area (TPSA) is 57.6 Å². The number of aryl methyl sites for hydroxylation is 2. The predicted octanol–water partition coefficient (Wildman–Crippen LogP) is 2.91. The van der Waals surface area contributed by atoms with Crippen LogP contribution in [0.15, 0.2) is 48.7 Å². The summed E-state index contributed by atoms with van der Waals surface area (Å²) in [5, 5.41) is 3.01. The summed E-state index contributed by atoms with van der Waals surface area (Å²) in [6.45, 7) is 5.34. The van der Waals surface area contributed by atoms with Crippen LogP contribution in [0.5, 0.6) is 0 Å². The summed E-state index contributed by atoms with van der Waals surface area (Å²) in [5.74, 6) is -1.61. The molecule has 2 amide bonds. The van der Waals surface area contributed by atoms with Gasteiger partial charge in [-0.05, 0) is 30.7 Å². The highest BCUT2D eigenvalue weighted by Gasteiger charge is 2.26. The first-order valence-electron chi connectivity index (χ1n) is 10.0. The Morgan fingerprint density at radius 3 is 2.43 bits per heavy atom. The van der Waals surface area contributed by atoms with Gasteiger partial charge in [-0.1, -0.05) is 29.8 Å². The number of fused-ring (bicyclic) bond motifs is 1. The van der Waals surface area contributed by atoms with Gasteiger partial charge in [0.15, 0.2) is 0 Å². The molecule has 2 heterocycles. The highest BCUT2D eigenvalue weighted by Crippen LogP contribution is 2.23. The fourth-order valence-electron chi connectivity index (χ4n) is 3.81. The van der Waals surface area contributed by atoms with Gasteiger partial charge in [-0.15, -0.1) is 0 Å². The second-order valence-corrected chi connectivity index (χ2v) is 7.83. The standard InChI is InChI=1S/C23H25FN4O2/c1-16-3-5-17(6-4-16)14-27-9-11-28(12-10-27)23(30)22(29)25-18-7-8-21-19(13-18)20(24)15-26(21)2/h3-8,13,15H,9-12,14H2,1-2H3,(H,25,29). The first kappa shape index (κ1) is 20.1. The van der Waals surface area contributed by atoms with Crippen molar-refractivity contribution < 1.29 is 14.0 Å². The molecular formula is C23H25FN4O2. The summed E-state index contributed by atoms with van der Waals surface area (Å²) in [7, 11) is 1.76. The van der Waals surface area contributed by atoms with E-state index < -0.39 is 11.8 Å². The Hall–Kier alpha value is -3.19. The molecule has 1 saturated heterocycles. The smallest absolute Gasteiger partial charge is 0.313 e. The van der Waals surface area contributed by atoms with E-state index in [1.807, 2.05) is 0 Å². The molecule has 0 unspecified atom stereocenters. The number of nitrogens with one attached hydrogen (secondary N) is 1. The Morgan fingerprint density at radius 1 is 1.03 bits per heavy atom. The van der Waals surface area contributed by atoms with Crippen molar-refractivity contribution in [3.05, 3.63) is 65.6 Å². The van der Waals surface area contributed by atoms with Crippen LogP contribution < -0.4 is 5.32 Å². The first-order valence-corrected chi connectivity index (χ1v) is 10.0. The van der Waals surface area contributed by atoms with E-state index in [9.17, 15) is 14.0 Å². The number of carbonyl (C=O) groups excluding carboxylic acids is 2. The lowest BCUT2D eigenvalue weighted by Crippen LogP contribution is -2.51. The number of amides is 2. The van der Waals surface area contributed by atoms with E-state index in [0.717, 1.165) is 12.1 Å². The van der Waals surface area contributed by atoms with Crippen molar-refractivity contribution in [2.24, 2.45) is 7.05 Å². The second-order valence-electron chi connectivity index (χ2n) is 7.83. The second kappa shape index (κ2) is 8.28. The van der Waals surface area contributed by atoms with Crippen LogP contribution in [0.1, 0.15) is 11.1 Å². The molecule has 1 N–H and O–H groups in total. The van der Waals surface area contributed by atoms with Gasteiger partial charge in [-0.2, -0.15) is 0 Å². The molecule has 156 valence electrons. The molecule has 0 radical (unpaired) electrons. The molecule has 0 bridgehead atoms. The van der Waals surface area contributed by atoms with Crippen molar-refractivity contribution in [3.63, 3.8) is 0 Å². The first-order chi connectivity index (χ1) is 14.4. The molecule has 1 aliphatic heterocycles. The Kier molecular flexibility index (Phi) is 5.55. The highest BCUT2D eigenvalue weighted by atomic mass is 19.1. The van der Waals surface area contributed by atoms with Gasteiger partial charge >= 0.3 is 11.8 Å². The number of halogens is 1. The monoisotopic (exact) mass is 408 g/mol. The van der Waals surface area contributed by atoms with Crippen molar-refractivity contribution in [1.82, 2.24) is 14.4 Å². The van der Waals surface area contributed by atoms with Gasteiger partial charge in [0.2, 0.25) is 0 Å². The minimum Gasteiger partial charge on any atom is -0.348 e.